The zero-order chi connectivity index (χ0) is 14.4. The molecule has 0 bridgehead atoms. The lowest BCUT2D eigenvalue weighted by Crippen LogP contribution is -2.34. The van der Waals surface area contributed by atoms with E-state index in [0.717, 1.165) is 12.8 Å². The lowest BCUT2D eigenvalue weighted by Gasteiger charge is -2.16. The molecule has 1 aromatic carbocycles. The molecule has 0 aliphatic carbocycles. The summed E-state index contributed by atoms with van der Waals surface area (Å²) < 4.78 is 0. The fourth-order valence-electron chi connectivity index (χ4n) is 1.72. The Labute approximate surface area is 111 Å². The number of amides is 1. The topological polar surface area (TPSA) is 110 Å². The van der Waals surface area contributed by atoms with Crippen molar-refractivity contribution in [2.75, 3.05) is 5.43 Å². The average Bonchev–Trinajstić information content (AvgIpc) is 2.43. The third-order valence-corrected chi connectivity index (χ3v) is 2.93. The summed E-state index contributed by atoms with van der Waals surface area (Å²) in [6, 6.07) is 3.97. The zero-order valence-electron chi connectivity index (χ0n) is 11.0. The molecule has 0 spiro atoms. The zero-order valence-corrected chi connectivity index (χ0v) is 11.0. The molecule has 0 radical (unpaired) electrons. The highest BCUT2D eigenvalue weighted by molar-refractivity contribution is 6.00. The molecule has 7 nitrogen and oxygen atoms in total. The summed E-state index contributed by atoms with van der Waals surface area (Å²) in [6.07, 6.45) is 1.59. The maximum Gasteiger partial charge on any atom is 0.270 e. The fourth-order valence-corrected chi connectivity index (χ4v) is 1.72. The molecule has 0 saturated carbocycles. The van der Waals surface area contributed by atoms with E-state index in [4.69, 9.17) is 5.84 Å². The number of non-ortho nitro benzene ring substituents is 1. The molecule has 4 N–H and O–H groups in total. The first-order valence-corrected chi connectivity index (χ1v) is 6.09. The van der Waals surface area contributed by atoms with Crippen LogP contribution in [0.15, 0.2) is 18.2 Å². The van der Waals surface area contributed by atoms with Crippen LogP contribution in [0.4, 0.5) is 11.4 Å². The third kappa shape index (κ3) is 3.65. The van der Waals surface area contributed by atoms with Crippen molar-refractivity contribution in [3.63, 3.8) is 0 Å². The van der Waals surface area contributed by atoms with Gasteiger partial charge in [-0.05, 0) is 18.9 Å². The van der Waals surface area contributed by atoms with E-state index >= 15 is 0 Å². The van der Waals surface area contributed by atoms with E-state index in [-0.39, 0.29) is 23.2 Å². The number of hydrogen-bond donors (Lipinski definition) is 3. The Morgan fingerprint density at radius 1 is 1.42 bits per heavy atom. The molecule has 7 heteroatoms. The SMILES string of the molecule is CCC(CC)NC(=O)c1cc([N+](=O)[O-])ccc1NN. The number of nitro groups is 1. The molecule has 1 rings (SSSR count). The van der Waals surface area contributed by atoms with Crippen molar-refractivity contribution in [3.05, 3.63) is 33.9 Å². The molecule has 0 fully saturated rings. The molecule has 1 aromatic rings. The molecule has 104 valence electrons. The number of hydrazine groups is 1. The van der Waals surface area contributed by atoms with Crippen molar-refractivity contribution in [3.8, 4) is 0 Å². The van der Waals surface area contributed by atoms with Crippen LogP contribution in [-0.2, 0) is 0 Å². The number of nitrogens with zero attached hydrogens (tertiary/aromatic N) is 1. The van der Waals surface area contributed by atoms with Gasteiger partial charge in [0.25, 0.3) is 11.6 Å². The van der Waals surface area contributed by atoms with Crippen LogP contribution in [0.2, 0.25) is 0 Å². The van der Waals surface area contributed by atoms with Gasteiger partial charge < -0.3 is 10.7 Å². The quantitative estimate of drug-likeness (QED) is 0.413. The van der Waals surface area contributed by atoms with E-state index < -0.39 is 4.92 Å². The second-order valence-corrected chi connectivity index (χ2v) is 4.12. The normalized spacial score (nSPS) is 10.3. The monoisotopic (exact) mass is 266 g/mol. The molecule has 0 heterocycles. The van der Waals surface area contributed by atoms with Gasteiger partial charge in [0, 0.05) is 18.2 Å². The van der Waals surface area contributed by atoms with Crippen molar-refractivity contribution in [1.82, 2.24) is 5.32 Å². The van der Waals surface area contributed by atoms with Gasteiger partial charge in [-0.25, -0.2) is 0 Å². The summed E-state index contributed by atoms with van der Waals surface area (Å²) in [4.78, 5) is 22.3. The number of nitrogens with two attached hydrogens (primary N) is 1. The van der Waals surface area contributed by atoms with Gasteiger partial charge in [-0.3, -0.25) is 20.8 Å². The van der Waals surface area contributed by atoms with Crippen LogP contribution in [0.25, 0.3) is 0 Å². The van der Waals surface area contributed by atoms with Gasteiger partial charge in [-0.2, -0.15) is 0 Å². The Kier molecular flexibility index (Phi) is 5.25. The standard InChI is InChI=1S/C12H18N4O3/c1-3-8(4-2)14-12(17)10-7-9(16(18)19)5-6-11(10)15-13/h5-8,15H,3-4,13H2,1-2H3,(H,14,17). The Hall–Kier alpha value is -2.15. The van der Waals surface area contributed by atoms with Crippen molar-refractivity contribution >= 4 is 17.3 Å². The summed E-state index contributed by atoms with van der Waals surface area (Å²) in [6.45, 7) is 3.92. The van der Waals surface area contributed by atoms with Gasteiger partial charge in [0.1, 0.15) is 0 Å². The van der Waals surface area contributed by atoms with Crippen molar-refractivity contribution in [1.29, 1.82) is 0 Å². The van der Waals surface area contributed by atoms with Gasteiger partial charge in [0.15, 0.2) is 0 Å². The third-order valence-electron chi connectivity index (χ3n) is 2.93. The minimum atomic E-state index is -0.547. The second kappa shape index (κ2) is 6.69. The van der Waals surface area contributed by atoms with Crippen LogP contribution in [0.3, 0.4) is 0 Å². The lowest BCUT2D eigenvalue weighted by molar-refractivity contribution is -0.384. The van der Waals surface area contributed by atoms with Gasteiger partial charge >= 0.3 is 0 Å². The number of anilines is 1. The number of rotatable bonds is 6. The van der Waals surface area contributed by atoms with Crippen LogP contribution in [0.1, 0.15) is 37.0 Å². The molecule has 0 aliphatic heterocycles. The van der Waals surface area contributed by atoms with E-state index in [1.807, 2.05) is 13.8 Å². The summed E-state index contributed by atoms with van der Waals surface area (Å²) in [7, 11) is 0. The predicted octanol–water partition coefficient (Wildman–Crippen LogP) is 1.80. The van der Waals surface area contributed by atoms with Crippen molar-refractivity contribution in [2.24, 2.45) is 5.84 Å². The maximum absolute atomic E-state index is 12.1. The molecule has 19 heavy (non-hydrogen) atoms. The number of nitrogens with one attached hydrogen (secondary N) is 2. The van der Waals surface area contributed by atoms with E-state index in [0.29, 0.717) is 5.69 Å². The van der Waals surface area contributed by atoms with Crippen molar-refractivity contribution < 1.29 is 9.72 Å². The smallest absolute Gasteiger partial charge is 0.270 e. The molecule has 0 aromatic heterocycles. The lowest BCUT2D eigenvalue weighted by atomic mass is 10.1. The largest absolute Gasteiger partial charge is 0.349 e. The highest BCUT2D eigenvalue weighted by Gasteiger charge is 2.18. The maximum atomic E-state index is 12.1. The molecule has 1 amide bonds. The van der Waals surface area contributed by atoms with Gasteiger partial charge in [-0.1, -0.05) is 13.8 Å². The number of nitro benzene ring substituents is 1. The number of benzene rings is 1. The van der Waals surface area contributed by atoms with E-state index in [2.05, 4.69) is 10.7 Å². The van der Waals surface area contributed by atoms with E-state index in [1.165, 1.54) is 18.2 Å². The van der Waals surface area contributed by atoms with Crippen molar-refractivity contribution in [2.45, 2.75) is 32.7 Å². The molecule has 0 atom stereocenters. The number of hydrogen-bond acceptors (Lipinski definition) is 5. The summed E-state index contributed by atoms with van der Waals surface area (Å²) in [5.41, 5.74) is 2.75. The van der Waals surface area contributed by atoms with Crippen LogP contribution in [-0.4, -0.2) is 16.9 Å². The molecular formula is C12H18N4O3. The number of carbonyl (C=O) groups is 1. The van der Waals surface area contributed by atoms with Crippen LogP contribution >= 0.6 is 0 Å². The number of carbonyl (C=O) groups excluding carboxylic acids is 1. The Balaban J connectivity index is 3.05. The van der Waals surface area contributed by atoms with E-state index in [9.17, 15) is 14.9 Å². The molecule has 0 aliphatic rings. The first-order valence-electron chi connectivity index (χ1n) is 6.09. The molecule has 0 unspecified atom stereocenters. The minimum absolute atomic E-state index is 0.0392. The van der Waals surface area contributed by atoms with Crippen LogP contribution < -0.4 is 16.6 Å². The Morgan fingerprint density at radius 3 is 2.53 bits per heavy atom. The first-order chi connectivity index (χ1) is 9.03. The minimum Gasteiger partial charge on any atom is -0.349 e. The highest BCUT2D eigenvalue weighted by Crippen LogP contribution is 2.21. The average molecular weight is 266 g/mol. The fraction of sp³-hybridized carbons (Fsp3) is 0.417. The summed E-state index contributed by atoms with van der Waals surface area (Å²) in [5, 5.41) is 13.5. The first kappa shape index (κ1) is 14.9. The molecular weight excluding hydrogens is 248 g/mol. The summed E-state index contributed by atoms with van der Waals surface area (Å²) in [5.74, 6) is 4.94. The Morgan fingerprint density at radius 2 is 2.05 bits per heavy atom. The van der Waals surface area contributed by atoms with Gasteiger partial charge in [0.2, 0.25) is 0 Å². The second-order valence-electron chi connectivity index (χ2n) is 4.12. The molecule has 0 saturated heterocycles. The highest BCUT2D eigenvalue weighted by atomic mass is 16.6. The van der Waals surface area contributed by atoms with Gasteiger partial charge in [-0.15, -0.1) is 0 Å². The van der Waals surface area contributed by atoms with Crippen LogP contribution in [0.5, 0.6) is 0 Å². The van der Waals surface area contributed by atoms with Crippen LogP contribution in [0, 0.1) is 10.1 Å². The Bertz CT molecular complexity index is 472. The number of nitrogen functional groups attached to an aromatic ring is 1. The summed E-state index contributed by atoms with van der Waals surface area (Å²) >= 11 is 0. The van der Waals surface area contributed by atoms with E-state index in [1.54, 1.807) is 0 Å². The van der Waals surface area contributed by atoms with Gasteiger partial charge in [0.05, 0.1) is 16.2 Å². The predicted molar refractivity (Wildman–Crippen MR) is 72.7 cm³/mol.